The van der Waals surface area contributed by atoms with Gasteiger partial charge in [-0.3, -0.25) is 4.79 Å². The summed E-state index contributed by atoms with van der Waals surface area (Å²) in [6, 6.07) is 9.85. The van der Waals surface area contributed by atoms with Crippen molar-refractivity contribution in [3.05, 3.63) is 30.3 Å². The quantitative estimate of drug-likeness (QED) is 0.841. The van der Waals surface area contributed by atoms with E-state index in [1.54, 1.807) is 0 Å². The van der Waals surface area contributed by atoms with Gasteiger partial charge in [0.05, 0.1) is 18.6 Å². The van der Waals surface area contributed by atoms with Gasteiger partial charge in [0.1, 0.15) is 6.10 Å². The fraction of sp³-hybridized carbons (Fsp3) is 0.562. The predicted octanol–water partition coefficient (Wildman–Crippen LogP) is 2.99. The highest BCUT2D eigenvalue weighted by Gasteiger charge is 2.26. The zero-order chi connectivity index (χ0) is 14.4. The molecule has 0 amide bonds. The lowest BCUT2D eigenvalue weighted by Crippen LogP contribution is -2.35. The molecule has 0 aromatic heterocycles. The van der Waals surface area contributed by atoms with E-state index in [0.29, 0.717) is 13.0 Å². The summed E-state index contributed by atoms with van der Waals surface area (Å²) in [5.74, 6) is -0.139. The van der Waals surface area contributed by atoms with Crippen LogP contribution in [0.5, 0.6) is 0 Å². The summed E-state index contributed by atoms with van der Waals surface area (Å²) < 4.78 is 11.1. The molecule has 2 atom stereocenters. The molecule has 2 rings (SSSR count). The molecule has 1 aromatic carbocycles. The molecule has 0 saturated carbocycles. The number of ether oxygens (including phenoxy) is 2. The van der Waals surface area contributed by atoms with Crippen LogP contribution in [0.15, 0.2) is 30.3 Å². The van der Waals surface area contributed by atoms with Gasteiger partial charge in [-0.05, 0) is 26.0 Å². The molecular weight excluding hydrogens is 254 g/mol. The number of hydrogen-bond donors (Lipinski definition) is 1. The second-order valence-corrected chi connectivity index (χ2v) is 5.38. The zero-order valence-corrected chi connectivity index (χ0v) is 12.2. The van der Waals surface area contributed by atoms with E-state index in [2.05, 4.69) is 5.32 Å². The second-order valence-electron chi connectivity index (χ2n) is 5.38. The second kappa shape index (κ2) is 7.29. The van der Waals surface area contributed by atoms with Gasteiger partial charge in [0, 0.05) is 25.1 Å². The molecule has 1 saturated heterocycles. The molecule has 0 spiro atoms. The highest BCUT2D eigenvalue weighted by Crippen LogP contribution is 2.21. The van der Waals surface area contributed by atoms with Crippen molar-refractivity contribution in [3.8, 4) is 0 Å². The predicted molar refractivity (Wildman–Crippen MR) is 78.7 cm³/mol. The number of anilines is 1. The molecule has 1 N–H and O–H groups in total. The van der Waals surface area contributed by atoms with E-state index >= 15 is 0 Å². The smallest absolute Gasteiger partial charge is 0.307 e. The Balaban J connectivity index is 1.67. The fourth-order valence-corrected chi connectivity index (χ4v) is 2.55. The molecule has 1 aromatic rings. The van der Waals surface area contributed by atoms with Crippen LogP contribution < -0.4 is 5.32 Å². The van der Waals surface area contributed by atoms with Gasteiger partial charge in [-0.25, -0.2) is 0 Å². The minimum Gasteiger partial charge on any atom is -0.462 e. The summed E-state index contributed by atoms with van der Waals surface area (Å²) in [4.78, 5) is 11.8. The van der Waals surface area contributed by atoms with E-state index < -0.39 is 0 Å². The average Bonchev–Trinajstić information content (AvgIpc) is 2.38. The molecule has 4 nitrogen and oxygen atoms in total. The molecule has 110 valence electrons. The van der Waals surface area contributed by atoms with E-state index in [1.807, 2.05) is 44.2 Å². The van der Waals surface area contributed by atoms with Crippen LogP contribution in [0.2, 0.25) is 0 Å². The lowest BCUT2D eigenvalue weighted by Gasteiger charge is -2.31. The minimum atomic E-state index is -0.139. The third-order valence-corrected chi connectivity index (χ3v) is 3.38. The number of hydrogen-bond acceptors (Lipinski definition) is 4. The van der Waals surface area contributed by atoms with Crippen molar-refractivity contribution in [2.75, 3.05) is 11.9 Å². The molecule has 20 heavy (non-hydrogen) atoms. The molecular formula is C16H23NO3. The lowest BCUT2D eigenvalue weighted by molar-refractivity contribution is -0.159. The van der Waals surface area contributed by atoms with Gasteiger partial charge in [0.15, 0.2) is 0 Å². The number of para-hydroxylation sites is 1. The van der Waals surface area contributed by atoms with Crippen LogP contribution in [0.3, 0.4) is 0 Å². The van der Waals surface area contributed by atoms with Crippen LogP contribution in [-0.4, -0.2) is 30.8 Å². The molecule has 0 bridgehead atoms. The summed E-state index contributed by atoms with van der Waals surface area (Å²) in [5, 5.41) is 3.20. The highest BCUT2D eigenvalue weighted by molar-refractivity contribution is 5.70. The van der Waals surface area contributed by atoms with Crippen molar-refractivity contribution in [2.45, 2.75) is 51.4 Å². The van der Waals surface area contributed by atoms with Crippen LogP contribution in [-0.2, 0) is 14.3 Å². The maximum Gasteiger partial charge on any atom is 0.307 e. The van der Waals surface area contributed by atoms with Crippen molar-refractivity contribution < 1.29 is 14.3 Å². The topological polar surface area (TPSA) is 47.6 Å². The Hall–Kier alpha value is -1.55. The van der Waals surface area contributed by atoms with Gasteiger partial charge < -0.3 is 14.8 Å². The van der Waals surface area contributed by atoms with E-state index in [9.17, 15) is 4.79 Å². The van der Waals surface area contributed by atoms with E-state index in [1.165, 1.54) is 0 Å². The molecule has 4 heteroatoms. The number of rotatable bonds is 5. The van der Waals surface area contributed by atoms with Crippen molar-refractivity contribution in [3.63, 3.8) is 0 Å². The summed E-state index contributed by atoms with van der Waals surface area (Å²) in [7, 11) is 0. The lowest BCUT2D eigenvalue weighted by atomic mass is 10.0. The molecule has 2 unspecified atom stereocenters. The first-order valence-corrected chi connectivity index (χ1v) is 7.27. The van der Waals surface area contributed by atoms with Crippen molar-refractivity contribution in [2.24, 2.45) is 0 Å². The van der Waals surface area contributed by atoms with Gasteiger partial charge in [-0.1, -0.05) is 18.2 Å². The summed E-state index contributed by atoms with van der Waals surface area (Å²) in [6.07, 6.45) is 2.30. The summed E-state index contributed by atoms with van der Waals surface area (Å²) in [5.41, 5.74) is 1.02. The van der Waals surface area contributed by atoms with Crippen LogP contribution >= 0.6 is 0 Å². The molecule has 0 radical (unpaired) electrons. The molecule has 0 aliphatic carbocycles. The number of carbonyl (C=O) groups excluding carboxylic acids is 1. The van der Waals surface area contributed by atoms with Crippen LogP contribution in [0.1, 0.15) is 33.1 Å². The molecule has 1 aliphatic heterocycles. The van der Waals surface area contributed by atoms with E-state index in [0.717, 1.165) is 18.5 Å². The normalized spacial score (nSPS) is 26.0. The van der Waals surface area contributed by atoms with Gasteiger partial charge >= 0.3 is 5.97 Å². The van der Waals surface area contributed by atoms with Gasteiger partial charge in [-0.15, -0.1) is 0 Å². The summed E-state index contributed by atoms with van der Waals surface area (Å²) in [6.45, 7) is 4.64. The third kappa shape index (κ3) is 4.85. The van der Waals surface area contributed by atoms with E-state index in [-0.39, 0.29) is 24.3 Å². The molecule has 1 fully saturated rings. The number of benzene rings is 1. The third-order valence-electron chi connectivity index (χ3n) is 3.38. The van der Waals surface area contributed by atoms with Crippen LogP contribution in [0, 0.1) is 0 Å². The van der Waals surface area contributed by atoms with Crippen molar-refractivity contribution in [1.29, 1.82) is 0 Å². The van der Waals surface area contributed by atoms with Gasteiger partial charge in [0.25, 0.3) is 0 Å². The number of nitrogens with one attached hydrogen (secondary N) is 1. The first-order chi connectivity index (χ1) is 9.63. The zero-order valence-electron chi connectivity index (χ0n) is 12.2. The monoisotopic (exact) mass is 277 g/mol. The Morgan fingerprint density at radius 2 is 1.90 bits per heavy atom. The summed E-state index contributed by atoms with van der Waals surface area (Å²) >= 11 is 0. The Bertz CT molecular complexity index is 411. The Kier molecular flexibility index (Phi) is 5.41. The minimum absolute atomic E-state index is 0.00187. The SMILES string of the molecule is CC1CC(OC(=O)CCNc2ccccc2)CC(C)O1. The maximum absolute atomic E-state index is 11.8. The average molecular weight is 277 g/mol. The Morgan fingerprint density at radius 3 is 2.55 bits per heavy atom. The maximum atomic E-state index is 11.8. The Labute approximate surface area is 120 Å². The van der Waals surface area contributed by atoms with Crippen LogP contribution in [0.4, 0.5) is 5.69 Å². The van der Waals surface area contributed by atoms with Gasteiger partial charge in [-0.2, -0.15) is 0 Å². The van der Waals surface area contributed by atoms with Crippen molar-refractivity contribution in [1.82, 2.24) is 0 Å². The molecule has 1 aliphatic rings. The fourth-order valence-electron chi connectivity index (χ4n) is 2.55. The van der Waals surface area contributed by atoms with E-state index in [4.69, 9.17) is 9.47 Å². The van der Waals surface area contributed by atoms with Gasteiger partial charge in [0.2, 0.25) is 0 Å². The Morgan fingerprint density at radius 1 is 1.25 bits per heavy atom. The highest BCUT2D eigenvalue weighted by atomic mass is 16.6. The first kappa shape index (κ1) is 14.9. The number of carbonyl (C=O) groups is 1. The first-order valence-electron chi connectivity index (χ1n) is 7.27. The number of esters is 1. The van der Waals surface area contributed by atoms with Crippen LogP contribution in [0.25, 0.3) is 0 Å². The largest absolute Gasteiger partial charge is 0.462 e. The van der Waals surface area contributed by atoms with Crippen molar-refractivity contribution >= 4 is 11.7 Å². The molecule has 1 heterocycles. The standard InChI is InChI=1S/C16H23NO3/c1-12-10-15(11-13(2)19-12)20-16(18)8-9-17-14-6-4-3-5-7-14/h3-7,12-13,15,17H,8-11H2,1-2H3.